The van der Waals surface area contributed by atoms with Gasteiger partial charge in [0.1, 0.15) is 5.69 Å². The Morgan fingerprint density at radius 3 is 2.52 bits per heavy atom. The summed E-state index contributed by atoms with van der Waals surface area (Å²) in [5.74, 6) is -5.29. The number of hydrogen-bond acceptors (Lipinski definition) is 15. The fourth-order valence-electron chi connectivity index (χ4n) is 3.94. The molecule has 3 heterocycles. The third-order valence-corrected chi connectivity index (χ3v) is 9.33. The molecule has 2 aromatic heterocycles. The van der Waals surface area contributed by atoms with E-state index in [1.54, 1.807) is 0 Å². The third kappa shape index (κ3) is 6.27. The molecule has 2 fully saturated rings. The van der Waals surface area contributed by atoms with Gasteiger partial charge >= 0.3 is 16.3 Å². The lowest BCUT2D eigenvalue weighted by atomic mass is 9.84. The molecule has 2 atom stereocenters. The first-order chi connectivity index (χ1) is 18.7. The molecule has 1 amide bonds. The number of nitrogens with zero attached hydrogens (tertiary/aromatic N) is 6. The van der Waals surface area contributed by atoms with Gasteiger partial charge in [-0.2, -0.15) is 23.4 Å². The van der Waals surface area contributed by atoms with Gasteiger partial charge in [0.05, 0.1) is 41.9 Å². The van der Waals surface area contributed by atoms with E-state index in [-0.39, 0.29) is 46.0 Å². The van der Waals surface area contributed by atoms with Crippen LogP contribution in [0.15, 0.2) is 16.7 Å². The Hall–Kier alpha value is -3.53. The van der Waals surface area contributed by atoms with Crippen LogP contribution in [0.4, 0.5) is 5.13 Å². The van der Waals surface area contributed by atoms with Crippen LogP contribution < -0.4 is 11.5 Å². The molecule has 2 aliphatic rings. The van der Waals surface area contributed by atoms with Crippen molar-refractivity contribution in [1.82, 2.24) is 24.3 Å². The van der Waals surface area contributed by atoms with Crippen LogP contribution in [-0.4, -0.2) is 98.1 Å². The number of carbonyl (C=O) groups is 3. The molecule has 18 nitrogen and oxygen atoms in total. The van der Waals surface area contributed by atoms with Gasteiger partial charge in [-0.05, 0) is 0 Å². The number of hydrogen-bond donors (Lipinski definition) is 4. The first kappa shape index (κ1) is 29.5. The highest BCUT2D eigenvalue weighted by Gasteiger charge is 2.56. The van der Waals surface area contributed by atoms with Crippen molar-refractivity contribution in [3.05, 3.63) is 23.0 Å². The lowest BCUT2D eigenvalue weighted by Crippen LogP contribution is -2.64. The van der Waals surface area contributed by atoms with Crippen LogP contribution in [-0.2, 0) is 51.7 Å². The van der Waals surface area contributed by atoms with Gasteiger partial charge in [-0.15, -0.1) is 11.3 Å². The molecule has 0 unspecified atom stereocenters. The number of ketones is 1. The number of sulfone groups is 1. The van der Waals surface area contributed by atoms with Crippen LogP contribution in [0.25, 0.3) is 0 Å². The zero-order chi connectivity index (χ0) is 29.5. The highest BCUT2D eigenvalue weighted by atomic mass is 32.2. The number of nitrogen functional groups attached to an aromatic ring is 1. The first-order valence-corrected chi connectivity index (χ1v) is 15.6. The van der Waals surface area contributed by atoms with Crippen molar-refractivity contribution in [3.63, 3.8) is 0 Å². The molecule has 1 saturated heterocycles. The maximum atomic E-state index is 13.3. The van der Waals surface area contributed by atoms with Crippen LogP contribution in [0.3, 0.4) is 0 Å². The van der Waals surface area contributed by atoms with Crippen molar-refractivity contribution in [3.8, 4) is 0 Å². The summed E-state index contributed by atoms with van der Waals surface area (Å²) in [6.07, 6.45) is 0.822. The molecule has 4 rings (SSSR count). The van der Waals surface area contributed by atoms with Crippen LogP contribution in [0.5, 0.6) is 0 Å². The molecule has 1 saturated carbocycles. The summed E-state index contributed by atoms with van der Waals surface area (Å²) in [4.78, 5) is 47.4. The number of carboxylic acid groups (broad SMARTS) is 1. The van der Waals surface area contributed by atoms with Crippen molar-refractivity contribution in [2.75, 3.05) is 18.0 Å². The summed E-state index contributed by atoms with van der Waals surface area (Å²) in [7, 11) is -8.61. The predicted molar refractivity (Wildman–Crippen MR) is 136 cm³/mol. The maximum Gasteiger partial charge on any atom is 0.362 e. The van der Waals surface area contributed by atoms with E-state index in [0.29, 0.717) is 0 Å². The lowest BCUT2D eigenvalue weighted by Gasteiger charge is -2.43. The van der Waals surface area contributed by atoms with Gasteiger partial charge in [0.15, 0.2) is 26.5 Å². The Labute approximate surface area is 230 Å². The number of carbonyl (C=O) groups excluding carboxylic acids is 2. The number of rotatable bonds is 14. The van der Waals surface area contributed by atoms with Crippen LogP contribution in [0, 0.1) is 5.92 Å². The van der Waals surface area contributed by atoms with Crippen molar-refractivity contribution in [1.29, 1.82) is 0 Å². The second-order valence-electron chi connectivity index (χ2n) is 9.09. The number of carboxylic acids is 1. The summed E-state index contributed by atoms with van der Waals surface area (Å²) in [5.41, 5.74) is 8.90. The van der Waals surface area contributed by atoms with Gasteiger partial charge in [-0.1, -0.05) is 5.16 Å². The molecule has 21 heteroatoms. The van der Waals surface area contributed by atoms with E-state index in [1.807, 2.05) is 0 Å². The third-order valence-electron chi connectivity index (χ3n) is 6.12. The molecule has 0 bridgehead atoms. The zero-order valence-electron chi connectivity index (χ0n) is 20.5. The Balaban J connectivity index is 1.56. The number of aliphatic carboxylic acids is 1. The highest BCUT2D eigenvalue weighted by molar-refractivity contribution is 7.90. The second kappa shape index (κ2) is 10.8. The van der Waals surface area contributed by atoms with Crippen molar-refractivity contribution >= 4 is 60.0 Å². The Kier molecular flexibility index (Phi) is 7.95. The second-order valence-corrected chi connectivity index (χ2v) is 13.4. The highest BCUT2D eigenvalue weighted by Crippen LogP contribution is 2.40. The van der Waals surface area contributed by atoms with E-state index in [1.165, 1.54) is 5.38 Å². The molecule has 0 radical (unpaired) electrons. The molecule has 1 aliphatic heterocycles. The quantitative estimate of drug-likeness (QED) is 0.0755. The smallest absolute Gasteiger partial charge is 0.362 e. The monoisotopic (exact) mass is 620 g/mol. The summed E-state index contributed by atoms with van der Waals surface area (Å²) in [6.45, 7) is -0.518. The van der Waals surface area contributed by atoms with E-state index < -0.39 is 79.8 Å². The van der Waals surface area contributed by atoms with Crippen molar-refractivity contribution in [2.24, 2.45) is 16.8 Å². The Morgan fingerprint density at radius 2 is 1.98 bits per heavy atom. The van der Waals surface area contributed by atoms with E-state index in [9.17, 15) is 40.9 Å². The van der Waals surface area contributed by atoms with Crippen molar-refractivity contribution in [2.45, 2.75) is 43.2 Å². The number of aromatic nitrogens is 4. The maximum absolute atomic E-state index is 13.3. The largest absolute Gasteiger partial charge is 0.478 e. The minimum atomic E-state index is -5.04. The molecule has 40 heavy (non-hydrogen) atoms. The standard InChI is InChI=1S/C19H24N8O10S3/c20-3-4-39(32,33)9-10-6-22-26(24-10)7-13-11(16(29)27(13)40(34,35)36)5-14(28)15(12-8-38-18(21)23-12)25-37-19(1-2-19)17(30)31/h6,8,11,13H,1-5,7,9,20H2,(H2,21,23)(H,30,31)(H,34,35,36)/b25-15-/t11-,13+/m0/s1. The van der Waals surface area contributed by atoms with Crippen molar-refractivity contribution < 1.29 is 45.7 Å². The number of Topliss-reactive ketones (excluding diaryl/α,β-unsaturated/α-hetero) is 1. The molecule has 218 valence electrons. The van der Waals surface area contributed by atoms with Gasteiger partial charge < -0.3 is 21.4 Å². The van der Waals surface area contributed by atoms with Crippen LogP contribution in [0.2, 0.25) is 0 Å². The van der Waals surface area contributed by atoms with Gasteiger partial charge in [0.2, 0.25) is 11.5 Å². The molecule has 0 spiro atoms. The average molecular weight is 621 g/mol. The molecule has 0 aromatic carbocycles. The number of thiazole rings is 1. The topological polar surface area (TPSA) is 280 Å². The van der Waals surface area contributed by atoms with E-state index in [2.05, 4.69) is 20.3 Å². The molecule has 2 aromatic rings. The average Bonchev–Trinajstić information content (AvgIpc) is 3.33. The van der Waals surface area contributed by atoms with Gasteiger partial charge in [0, 0.05) is 31.2 Å². The minimum Gasteiger partial charge on any atom is -0.478 e. The first-order valence-electron chi connectivity index (χ1n) is 11.5. The Morgan fingerprint density at radius 1 is 1.27 bits per heavy atom. The number of nitrogens with two attached hydrogens (primary N) is 2. The van der Waals surface area contributed by atoms with E-state index in [0.717, 1.165) is 22.3 Å². The van der Waals surface area contributed by atoms with E-state index >= 15 is 0 Å². The van der Waals surface area contributed by atoms with E-state index in [4.69, 9.17) is 16.3 Å². The Bertz CT molecular complexity index is 1580. The summed E-state index contributed by atoms with van der Waals surface area (Å²) >= 11 is 0.964. The summed E-state index contributed by atoms with van der Waals surface area (Å²) < 4.78 is 57.5. The minimum absolute atomic E-state index is 0.0326. The lowest BCUT2D eigenvalue weighted by molar-refractivity contribution is -0.153. The molecule has 6 N–H and O–H groups in total. The van der Waals surface area contributed by atoms with Gasteiger partial charge in [-0.3, -0.25) is 14.1 Å². The number of β-lactam (4-membered cyclic amide) rings is 1. The molecule has 1 aliphatic carbocycles. The SMILES string of the molecule is NCCS(=O)(=O)Cc1cnn(C[C@@H]2[C@H](CC(=O)/C(=N\OC3(C(=O)O)CC3)c3csc(N)n3)C(=O)N2S(=O)(=O)O)n1. The number of amides is 1. The zero-order valence-corrected chi connectivity index (χ0v) is 22.9. The predicted octanol–water partition coefficient (Wildman–Crippen LogP) is -2.18. The fraction of sp³-hybridized carbons (Fsp3) is 0.526. The fourth-order valence-corrected chi connectivity index (χ4v) is 6.49. The summed E-state index contributed by atoms with van der Waals surface area (Å²) in [6, 6.07) is -1.33. The normalized spacial score (nSPS) is 20.7. The number of oxime groups is 1. The summed E-state index contributed by atoms with van der Waals surface area (Å²) in [5, 5.41) is 22.4. The molecular weight excluding hydrogens is 596 g/mol. The number of anilines is 1. The van der Waals surface area contributed by atoms with Crippen LogP contribution in [0.1, 0.15) is 30.7 Å². The molecular formula is C19H24N8O10S3. The van der Waals surface area contributed by atoms with Gasteiger partial charge in [0.25, 0.3) is 0 Å². The van der Waals surface area contributed by atoms with Gasteiger partial charge in [-0.25, -0.2) is 22.5 Å². The van der Waals surface area contributed by atoms with Crippen LogP contribution >= 0.6 is 11.3 Å².